The third-order valence-corrected chi connectivity index (χ3v) is 2.39. The molecule has 1 N–H and O–H groups in total. The zero-order chi connectivity index (χ0) is 12.3. The van der Waals surface area contributed by atoms with Crippen molar-refractivity contribution in [2.45, 2.75) is 6.54 Å². The Balaban J connectivity index is 2.23. The van der Waals surface area contributed by atoms with E-state index < -0.39 is 6.09 Å². The minimum absolute atomic E-state index is 0.193. The normalized spacial score (nSPS) is 16.7. The van der Waals surface area contributed by atoms with Gasteiger partial charge in [-0.15, -0.1) is 0 Å². The highest BCUT2D eigenvalue weighted by molar-refractivity contribution is 6.04. The van der Waals surface area contributed by atoms with Crippen LogP contribution in [0.2, 0.25) is 0 Å². The summed E-state index contributed by atoms with van der Waals surface area (Å²) in [5, 5.41) is 12.9. The van der Waals surface area contributed by atoms with Gasteiger partial charge in [-0.25, -0.2) is 4.79 Å². The standard InChI is InChI=1S/C11H12N2O4/c1-2-3-17-12-10-5-13(11(14)15)4-8-6-16-7-9(8)10/h2,6-7H,1,3-5H2,(H,14,15). The predicted molar refractivity (Wildman–Crippen MR) is 59.8 cm³/mol. The highest BCUT2D eigenvalue weighted by Crippen LogP contribution is 2.20. The van der Waals surface area contributed by atoms with Gasteiger partial charge in [0.05, 0.1) is 25.6 Å². The van der Waals surface area contributed by atoms with Crippen LogP contribution in [0.25, 0.3) is 0 Å². The van der Waals surface area contributed by atoms with E-state index in [-0.39, 0.29) is 13.2 Å². The lowest BCUT2D eigenvalue weighted by atomic mass is 10.0. The first-order valence-corrected chi connectivity index (χ1v) is 5.05. The van der Waals surface area contributed by atoms with E-state index in [1.807, 2.05) is 0 Å². The summed E-state index contributed by atoms with van der Waals surface area (Å²) in [6.07, 6.45) is 3.64. The maximum absolute atomic E-state index is 10.9. The number of hydrogen-bond acceptors (Lipinski definition) is 4. The minimum atomic E-state index is -0.992. The van der Waals surface area contributed by atoms with Crippen molar-refractivity contribution in [2.75, 3.05) is 13.2 Å². The molecule has 0 bridgehead atoms. The van der Waals surface area contributed by atoms with Gasteiger partial charge in [-0.1, -0.05) is 17.8 Å². The number of furan rings is 1. The van der Waals surface area contributed by atoms with E-state index in [2.05, 4.69) is 11.7 Å². The van der Waals surface area contributed by atoms with E-state index in [1.54, 1.807) is 12.3 Å². The second kappa shape index (κ2) is 4.73. The fraction of sp³-hybridized carbons (Fsp3) is 0.273. The van der Waals surface area contributed by atoms with Gasteiger partial charge in [0.25, 0.3) is 0 Å². The van der Waals surface area contributed by atoms with Gasteiger partial charge in [0, 0.05) is 11.1 Å². The number of carbonyl (C=O) groups is 1. The quantitative estimate of drug-likeness (QED) is 0.492. The average molecular weight is 236 g/mol. The average Bonchev–Trinajstić information content (AvgIpc) is 2.77. The molecule has 1 amide bonds. The van der Waals surface area contributed by atoms with Crippen molar-refractivity contribution in [3.8, 4) is 0 Å². The molecule has 90 valence electrons. The summed E-state index contributed by atoms with van der Waals surface area (Å²) in [5.74, 6) is 0. The number of nitrogens with zero attached hydrogens (tertiary/aromatic N) is 2. The molecule has 0 atom stereocenters. The van der Waals surface area contributed by atoms with Gasteiger partial charge in [0.15, 0.2) is 0 Å². The van der Waals surface area contributed by atoms with E-state index in [1.165, 1.54) is 11.2 Å². The minimum Gasteiger partial charge on any atom is -0.472 e. The summed E-state index contributed by atoms with van der Waals surface area (Å²) in [4.78, 5) is 17.2. The van der Waals surface area contributed by atoms with Gasteiger partial charge >= 0.3 is 6.09 Å². The maximum atomic E-state index is 10.9. The third-order valence-electron chi connectivity index (χ3n) is 2.39. The molecule has 2 rings (SSSR count). The van der Waals surface area contributed by atoms with Crippen molar-refractivity contribution in [3.63, 3.8) is 0 Å². The van der Waals surface area contributed by atoms with E-state index in [4.69, 9.17) is 14.4 Å². The second-order valence-corrected chi connectivity index (χ2v) is 3.57. The number of carboxylic acid groups (broad SMARTS) is 1. The molecule has 1 aromatic heterocycles. The summed E-state index contributed by atoms with van der Waals surface area (Å²) < 4.78 is 5.06. The summed E-state index contributed by atoms with van der Waals surface area (Å²) in [7, 11) is 0. The molecular weight excluding hydrogens is 224 g/mol. The van der Waals surface area contributed by atoms with Crippen LogP contribution in [0.5, 0.6) is 0 Å². The lowest BCUT2D eigenvalue weighted by Gasteiger charge is -2.24. The van der Waals surface area contributed by atoms with Crippen molar-refractivity contribution in [1.82, 2.24) is 4.90 Å². The SMILES string of the molecule is C=CCON=C1CN(C(=O)O)Cc2cocc21. The number of fused-ring (bicyclic) bond motifs is 1. The molecule has 0 fully saturated rings. The fourth-order valence-electron chi connectivity index (χ4n) is 1.61. The van der Waals surface area contributed by atoms with Crippen molar-refractivity contribution in [2.24, 2.45) is 5.16 Å². The molecule has 1 aliphatic rings. The van der Waals surface area contributed by atoms with Crippen LogP contribution in [-0.2, 0) is 11.4 Å². The summed E-state index contributed by atoms with van der Waals surface area (Å²) in [5.41, 5.74) is 2.13. The van der Waals surface area contributed by atoms with E-state index in [0.29, 0.717) is 12.3 Å². The molecule has 6 nitrogen and oxygen atoms in total. The maximum Gasteiger partial charge on any atom is 0.407 e. The highest BCUT2D eigenvalue weighted by atomic mass is 16.6. The molecule has 6 heteroatoms. The lowest BCUT2D eigenvalue weighted by Crippen LogP contribution is -2.38. The largest absolute Gasteiger partial charge is 0.472 e. The Morgan fingerprint density at radius 1 is 1.65 bits per heavy atom. The Bertz CT molecular complexity index is 464. The highest BCUT2D eigenvalue weighted by Gasteiger charge is 2.26. The summed E-state index contributed by atoms with van der Waals surface area (Å²) in [6, 6.07) is 0. The van der Waals surface area contributed by atoms with Crippen molar-refractivity contribution in [3.05, 3.63) is 36.3 Å². The van der Waals surface area contributed by atoms with Crippen LogP contribution in [0, 0.1) is 0 Å². The molecule has 0 saturated carbocycles. The van der Waals surface area contributed by atoms with Gasteiger partial charge in [-0.2, -0.15) is 0 Å². The number of oxime groups is 1. The molecule has 1 aliphatic heterocycles. The Morgan fingerprint density at radius 3 is 3.18 bits per heavy atom. The van der Waals surface area contributed by atoms with Crippen LogP contribution < -0.4 is 0 Å². The van der Waals surface area contributed by atoms with Crippen LogP contribution in [-0.4, -0.2) is 35.0 Å². The van der Waals surface area contributed by atoms with Gasteiger partial charge in [-0.3, -0.25) is 4.90 Å². The first-order chi connectivity index (χ1) is 8.22. The van der Waals surface area contributed by atoms with Crippen molar-refractivity contribution < 1.29 is 19.2 Å². The van der Waals surface area contributed by atoms with Crippen LogP contribution >= 0.6 is 0 Å². The van der Waals surface area contributed by atoms with E-state index >= 15 is 0 Å². The molecule has 1 aromatic rings. The lowest BCUT2D eigenvalue weighted by molar-refractivity contribution is 0.145. The smallest absolute Gasteiger partial charge is 0.407 e. The Kier molecular flexibility index (Phi) is 3.13. The first kappa shape index (κ1) is 11.3. The molecule has 2 heterocycles. The zero-order valence-electron chi connectivity index (χ0n) is 9.13. The van der Waals surface area contributed by atoms with Crippen LogP contribution in [0.4, 0.5) is 4.79 Å². The van der Waals surface area contributed by atoms with Crippen molar-refractivity contribution >= 4 is 11.8 Å². The first-order valence-electron chi connectivity index (χ1n) is 5.05. The second-order valence-electron chi connectivity index (χ2n) is 3.57. The molecule has 0 unspecified atom stereocenters. The fourth-order valence-corrected chi connectivity index (χ4v) is 1.61. The summed E-state index contributed by atoms with van der Waals surface area (Å²) in [6.45, 7) is 4.29. The van der Waals surface area contributed by atoms with Gasteiger partial charge in [-0.05, 0) is 0 Å². The van der Waals surface area contributed by atoms with Gasteiger partial charge in [0.2, 0.25) is 0 Å². The monoisotopic (exact) mass is 236 g/mol. The van der Waals surface area contributed by atoms with Crippen LogP contribution in [0.1, 0.15) is 11.1 Å². The molecule has 0 saturated heterocycles. The Labute approximate surface area is 97.8 Å². The molecular formula is C11H12N2O4. The molecule has 0 radical (unpaired) electrons. The topological polar surface area (TPSA) is 75.3 Å². The Morgan fingerprint density at radius 2 is 2.47 bits per heavy atom. The van der Waals surface area contributed by atoms with Gasteiger partial charge in [0.1, 0.15) is 12.3 Å². The Hall–Kier alpha value is -2.24. The number of amides is 1. The number of hydrogen-bond donors (Lipinski definition) is 1. The molecule has 0 spiro atoms. The van der Waals surface area contributed by atoms with Crippen LogP contribution in [0.3, 0.4) is 0 Å². The molecule has 0 aliphatic carbocycles. The van der Waals surface area contributed by atoms with Crippen molar-refractivity contribution in [1.29, 1.82) is 0 Å². The molecule has 17 heavy (non-hydrogen) atoms. The van der Waals surface area contributed by atoms with E-state index in [0.717, 1.165) is 11.1 Å². The predicted octanol–water partition coefficient (Wildman–Crippen LogP) is 1.68. The van der Waals surface area contributed by atoms with Crippen LogP contribution in [0.15, 0.2) is 34.8 Å². The van der Waals surface area contributed by atoms with Gasteiger partial charge < -0.3 is 14.4 Å². The third kappa shape index (κ3) is 2.30. The van der Waals surface area contributed by atoms with E-state index in [9.17, 15) is 4.79 Å². The number of rotatable bonds is 3. The molecule has 0 aromatic carbocycles. The summed E-state index contributed by atoms with van der Waals surface area (Å²) >= 11 is 0. The zero-order valence-corrected chi connectivity index (χ0v) is 9.13.